The van der Waals surface area contributed by atoms with E-state index in [1.807, 2.05) is 0 Å². The maximum Gasteiger partial charge on any atom is 0.247 e. The van der Waals surface area contributed by atoms with E-state index in [0.717, 1.165) is 16.7 Å². The number of amides is 2. The lowest BCUT2D eigenvalue weighted by Crippen LogP contribution is -2.31. The Bertz CT molecular complexity index is 890. The van der Waals surface area contributed by atoms with Crippen LogP contribution in [-0.4, -0.2) is 28.0 Å². The van der Waals surface area contributed by atoms with Crippen LogP contribution < -0.4 is 10.0 Å². The lowest BCUT2D eigenvalue weighted by Gasteiger charge is -2.17. The smallest absolute Gasteiger partial charge is 0.247 e. The second-order valence-corrected chi connectivity index (χ2v) is 7.15. The number of halogens is 2. The Balaban J connectivity index is 1.88. The van der Waals surface area contributed by atoms with E-state index in [1.54, 1.807) is 0 Å². The number of thioether (sulfide) groups is 1. The van der Waals surface area contributed by atoms with Crippen LogP contribution in [0.3, 0.4) is 0 Å². The highest BCUT2D eigenvalue weighted by Gasteiger charge is 2.41. The van der Waals surface area contributed by atoms with Crippen LogP contribution in [0.4, 0.5) is 5.69 Å². The van der Waals surface area contributed by atoms with Gasteiger partial charge < -0.3 is 9.90 Å². The molecule has 2 aromatic rings. The van der Waals surface area contributed by atoms with Crippen molar-refractivity contribution in [2.75, 3.05) is 4.90 Å². The fourth-order valence-electron chi connectivity index (χ4n) is 2.39. The number of carboxylic acid groups (broad SMARTS) is 1. The number of carbonyl (C=O) groups is 3. The highest BCUT2D eigenvalue weighted by molar-refractivity contribution is 8.00. The fourth-order valence-corrected chi connectivity index (χ4v) is 3.98. The predicted octanol–water partition coefficient (Wildman–Crippen LogP) is 2.18. The first-order valence-corrected chi connectivity index (χ1v) is 8.67. The van der Waals surface area contributed by atoms with Gasteiger partial charge in [0.25, 0.3) is 0 Å². The summed E-state index contributed by atoms with van der Waals surface area (Å²) in [4.78, 5) is 41.0. The van der Waals surface area contributed by atoms with Crippen molar-refractivity contribution in [3.63, 3.8) is 0 Å². The van der Waals surface area contributed by atoms with Crippen molar-refractivity contribution in [2.24, 2.45) is 0 Å². The third kappa shape index (κ3) is 3.49. The Labute approximate surface area is 156 Å². The number of benzene rings is 1. The van der Waals surface area contributed by atoms with Gasteiger partial charge in [-0.25, -0.2) is 9.88 Å². The highest BCUT2D eigenvalue weighted by Crippen LogP contribution is 2.37. The van der Waals surface area contributed by atoms with E-state index < -0.39 is 23.0 Å². The quantitative estimate of drug-likeness (QED) is 0.736. The molecule has 25 heavy (non-hydrogen) atoms. The number of imide groups is 1. The van der Waals surface area contributed by atoms with E-state index in [0.29, 0.717) is 5.02 Å². The first-order valence-electron chi connectivity index (χ1n) is 7.03. The highest BCUT2D eigenvalue weighted by atomic mass is 35.5. The number of rotatable bonds is 4. The Morgan fingerprint density at radius 3 is 2.72 bits per heavy atom. The summed E-state index contributed by atoms with van der Waals surface area (Å²) in [6, 6.07) is 7.24. The molecule has 0 spiro atoms. The first-order chi connectivity index (χ1) is 11.9. The molecule has 1 fully saturated rings. The van der Waals surface area contributed by atoms with E-state index in [9.17, 15) is 19.5 Å². The maximum atomic E-state index is 12.6. The molecule has 1 saturated heterocycles. The summed E-state index contributed by atoms with van der Waals surface area (Å²) >= 11 is 12.8. The molecule has 1 aromatic carbocycles. The maximum absolute atomic E-state index is 12.6. The largest absolute Gasteiger partial charge is 0.545 e. The van der Waals surface area contributed by atoms with Crippen molar-refractivity contribution >= 4 is 58.4 Å². The third-order valence-electron chi connectivity index (χ3n) is 3.50. The van der Waals surface area contributed by atoms with Gasteiger partial charge in [-0.2, -0.15) is 0 Å². The summed E-state index contributed by atoms with van der Waals surface area (Å²) in [5.41, 5.74) is 0.112. The number of hydrogen-bond donors (Lipinski definition) is 0. The van der Waals surface area contributed by atoms with Crippen LogP contribution in [0, 0.1) is 0 Å². The van der Waals surface area contributed by atoms with Crippen molar-refractivity contribution in [2.45, 2.75) is 16.7 Å². The summed E-state index contributed by atoms with van der Waals surface area (Å²) in [6.07, 6.45) is 1.31. The van der Waals surface area contributed by atoms with Gasteiger partial charge in [0, 0.05) is 23.2 Å². The average molecular weight is 396 g/mol. The molecule has 0 aliphatic carbocycles. The Kier molecular flexibility index (Phi) is 4.99. The van der Waals surface area contributed by atoms with E-state index in [1.165, 1.54) is 36.5 Å². The van der Waals surface area contributed by atoms with Gasteiger partial charge in [0.2, 0.25) is 11.8 Å². The van der Waals surface area contributed by atoms with Crippen LogP contribution in [0.1, 0.15) is 16.8 Å². The lowest BCUT2D eigenvalue weighted by atomic mass is 10.3. The Morgan fingerprint density at radius 2 is 2.04 bits per heavy atom. The zero-order chi connectivity index (χ0) is 18.1. The summed E-state index contributed by atoms with van der Waals surface area (Å²) in [6.45, 7) is 0. The second kappa shape index (κ2) is 7.03. The van der Waals surface area contributed by atoms with Gasteiger partial charge in [0.1, 0.15) is 5.03 Å². The number of carbonyl (C=O) groups excluding carboxylic acids is 3. The topological polar surface area (TPSA) is 90.4 Å². The number of aromatic nitrogens is 1. The molecular formula is C16H9Cl2N2O4S-. The molecule has 2 heterocycles. The van der Waals surface area contributed by atoms with Crippen molar-refractivity contribution in [3.8, 4) is 0 Å². The molecule has 0 saturated carbocycles. The van der Waals surface area contributed by atoms with Crippen LogP contribution in [0.2, 0.25) is 10.0 Å². The molecule has 9 heteroatoms. The molecule has 0 bridgehead atoms. The van der Waals surface area contributed by atoms with Gasteiger partial charge in [0.15, 0.2) is 0 Å². The summed E-state index contributed by atoms with van der Waals surface area (Å²) in [7, 11) is 0. The number of aromatic carboxylic acids is 1. The minimum atomic E-state index is -1.40. The van der Waals surface area contributed by atoms with E-state index in [-0.39, 0.29) is 27.7 Å². The predicted molar refractivity (Wildman–Crippen MR) is 91.8 cm³/mol. The first kappa shape index (κ1) is 17.7. The summed E-state index contributed by atoms with van der Waals surface area (Å²) in [5, 5.41) is 11.0. The normalized spacial score (nSPS) is 17.2. The molecular weight excluding hydrogens is 387 g/mol. The van der Waals surface area contributed by atoms with Crippen molar-refractivity contribution in [1.29, 1.82) is 0 Å². The Hall–Kier alpha value is -2.09. The number of carboxylic acids is 1. The molecule has 1 aliphatic heterocycles. The number of anilines is 1. The van der Waals surface area contributed by atoms with Gasteiger partial charge in [-0.3, -0.25) is 9.59 Å². The number of hydrogen-bond acceptors (Lipinski definition) is 6. The molecule has 0 unspecified atom stereocenters. The molecule has 0 radical (unpaired) electrons. The van der Waals surface area contributed by atoms with Gasteiger partial charge in [-0.05, 0) is 30.3 Å². The van der Waals surface area contributed by atoms with Crippen molar-refractivity contribution in [3.05, 3.63) is 52.1 Å². The molecule has 2 amide bonds. The van der Waals surface area contributed by atoms with E-state index >= 15 is 0 Å². The molecule has 3 rings (SSSR count). The average Bonchev–Trinajstić information content (AvgIpc) is 2.82. The van der Waals surface area contributed by atoms with Crippen LogP contribution in [0.15, 0.2) is 41.6 Å². The van der Waals surface area contributed by atoms with Gasteiger partial charge in [-0.1, -0.05) is 35.0 Å². The van der Waals surface area contributed by atoms with E-state index in [4.69, 9.17) is 23.2 Å². The molecule has 128 valence electrons. The third-order valence-corrected chi connectivity index (χ3v) is 5.24. The van der Waals surface area contributed by atoms with Gasteiger partial charge >= 0.3 is 0 Å². The molecule has 1 atom stereocenters. The van der Waals surface area contributed by atoms with Crippen molar-refractivity contribution < 1.29 is 19.5 Å². The minimum Gasteiger partial charge on any atom is -0.545 e. The van der Waals surface area contributed by atoms with Crippen LogP contribution in [0.5, 0.6) is 0 Å². The Morgan fingerprint density at radius 1 is 1.28 bits per heavy atom. The number of nitrogens with zero attached hydrogens (tertiary/aromatic N) is 2. The zero-order valence-electron chi connectivity index (χ0n) is 12.4. The number of pyridine rings is 1. The zero-order valence-corrected chi connectivity index (χ0v) is 14.8. The lowest BCUT2D eigenvalue weighted by molar-refractivity contribution is -0.255. The standard InChI is InChI=1S/C16H10Cl2N2O4S/c17-8-3-4-11(10(18)6-8)20-13(21)7-12(15(20)22)25-14-9(16(23)24)2-1-5-19-14/h1-6,12H,7H2,(H,23,24)/p-1/t12-/m1/s1. The van der Waals surface area contributed by atoms with Gasteiger partial charge in [0.05, 0.1) is 21.9 Å². The molecule has 0 N–H and O–H groups in total. The van der Waals surface area contributed by atoms with Crippen LogP contribution in [-0.2, 0) is 9.59 Å². The van der Waals surface area contributed by atoms with Crippen LogP contribution >= 0.6 is 35.0 Å². The SMILES string of the molecule is O=C([O-])c1cccnc1S[C@@H]1CC(=O)N(c2ccc(Cl)cc2Cl)C1=O. The monoisotopic (exact) mass is 395 g/mol. The summed E-state index contributed by atoms with van der Waals surface area (Å²) in [5.74, 6) is -2.32. The molecule has 1 aromatic heterocycles. The van der Waals surface area contributed by atoms with Gasteiger partial charge in [-0.15, -0.1) is 0 Å². The van der Waals surface area contributed by atoms with Crippen LogP contribution in [0.25, 0.3) is 0 Å². The van der Waals surface area contributed by atoms with Crippen molar-refractivity contribution in [1.82, 2.24) is 4.98 Å². The van der Waals surface area contributed by atoms with E-state index in [2.05, 4.69) is 4.98 Å². The molecule has 6 nitrogen and oxygen atoms in total. The second-order valence-electron chi connectivity index (χ2n) is 5.12. The summed E-state index contributed by atoms with van der Waals surface area (Å²) < 4.78 is 0. The minimum absolute atomic E-state index is 0.0917. The molecule has 1 aliphatic rings. The fraction of sp³-hybridized carbons (Fsp3) is 0.125.